The first-order chi connectivity index (χ1) is 8.88. The zero-order valence-electron chi connectivity index (χ0n) is 10.1. The van der Waals surface area contributed by atoms with Crippen molar-refractivity contribution in [3.63, 3.8) is 0 Å². The maximum atomic E-state index is 5.36. The first-order valence-electron chi connectivity index (χ1n) is 5.85. The van der Waals surface area contributed by atoms with Crippen LogP contribution in [0.25, 0.3) is 23.4 Å². The molecule has 0 unspecified atom stereocenters. The maximum Gasteiger partial charge on any atom is 0.167 e. The van der Waals surface area contributed by atoms with Crippen LogP contribution in [0.4, 0.5) is 0 Å². The second-order valence-corrected chi connectivity index (χ2v) is 4.08. The van der Waals surface area contributed by atoms with Crippen molar-refractivity contribution in [3.05, 3.63) is 47.7 Å². The highest BCUT2D eigenvalue weighted by Crippen LogP contribution is 2.30. The lowest BCUT2D eigenvalue weighted by atomic mass is 10.1. The molecule has 1 aromatic carbocycles. The number of ether oxygens (including phenoxy) is 1. The fourth-order valence-corrected chi connectivity index (χ4v) is 1.99. The Morgan fingerprint density at radius 1 is 1.11 bits per heavy atom. The molecule has 0 bridgehead atoms. The summed E-state index contributed by atoms with van der Waals surface area (Å²) < 4.78 is 10.5. The number of rotatable bonds is 2. The van der Waals surface area contributed by atoms with E-state index in [1.165, 1.54) is 0 Å². The van der Waals surface area contributed by atoms with E-state index in [4.69, 9.17) is 9.26 Å². The second kappa shape index (κ2) is 4.53. The Kier molecular flexibility index (Phi) is 2.73. The largest absolute Gasteiger partial charge is 0.497 e. The molecule has 3 rings (SSSR count). The number of fused-ring (bicyclic) bond motifs is 1. The van der Waals surface area contributed by atoms with Crippen molar-refractivity contribution in [1.29, 1.82) is 0 Å². The Morgan fingerprint density at radius 3 is 2.67 bits per heavy atom. The Morgan fingerprint density at radius 2 is 1.89 bits per heavy atom. The zero-order valence-corrected chi connectivity index (χ0v) is 10.1. The van der Waals surface area contributed by atoms with Crippen molar-refractivity contribution >= 4 is 12.2 Å². The van der Waals surface area contributed by atoms with Gasteiger partial charge < -0.3 is 9.26 Å². The zero-order chi connectivity index (χ0) is 12.4. The first-order valence-corrected chi connectivity index (χ1v) is 5.85. The summed E-state index contributed by atoms with van der Waals surface area (Å²) in [6, 6.07) is 7.82. The number of allylic oxidation sites excluding steroid dienone is 2. The first kappa shape index (κ1) is 10.8. The number of methoxy groups -OCH3 is 1. The number of nitrogens with zero attached hydrogens (tertiary/aromatic N) is 1. The molecule has 0 saturated carbocycles. The molecule has 0 atom stereocenters. The van der Waals surface area contributed by atoms with Gasteiger partial charge in [-0.3, -0.25) is 0 Å². The molecule has 0 saturated heterocycles. The lowest BCUT2D eigenvalue weighted by Crippen LogP contribution is -1.84. The third-order valence-corrected chi connectivity index (χ3v) is 2.95. The van der Waals surface area contributed by atoms with Gasteiger partial charge in [0.05, 0.1) is 7.11 Å². The SMILES string of the molecule is COc1ccc(-c2noc3c2C=CCC=C3)cc1. The molecule has 0 spiro atoms. The van der Waals surface area contributed by atoms with E-state index in [9.17, 15) is 0 Å². The molecule has 0 aliphatic heterocycles. The van der Waals surface area contributed by atoms with Gasteiger partial charge in [0.2, 0.25) is 0 Å². The van der Waals surface area contributed by atoms with E-state index in [1.54, 1.807) is 7.11 Å². The summed E-state index contributed by atoms with van der Waals surface area (Å²) in [7, 11) is 1.66. The molecule has 0 amide bonds. The summed E-state index contributed by atoms with van der Waals surface area (Å²) in [5.41, 5.74) is 2.94. The summed E-state index contributed by atoms with van der Waals surface area (Å²) in [4.78, 5) is 0. The summed E-state index contributed by atoms with van der Waals surface area (Å²) >= 11 is 0. The molecule has 0 fully saturated rings. The highest BCUT2D eigenvalue weighted by molar-refractivity contribution is 5.77. The van der Waals surface area contributed by atoms with E-state index in [-0.39, 0.29) is 0 Å². The second-order valence-electron chi connectivity index (χ2n) is 4.08. The third-order valence-electron chi connectivity index (χ3n) is 2.95. The van der Waals surface area contributed by atoms with E-state index in [0.29, 0.717) is 0 Å². The van der Waals surface area contributed by atoms with Gasteiger partial charge in [-0.15, -0.1) is 0 Å². The normalized spacial score (nSPS) is 13.2. The van der Waals surface area contributed by atoms with Crippen molar-refractivity contribution in [2.75, 3.05) is 7.11 Å². The van der Waals surface area contributed by atoms with Gasteiger partial charge in [-0.1, -0.05) is 23.4 Å². The van der Waals surface area contributed by atoms with Gasteiger partial charge in [0.1, 0.15) is 11.4 Å². The molecule has 1 aromatic heterocycles. The van der Waals surface area contributed by atoms with Gasteiger partial charge in [0.15, 0.2) is 5.76 Å². The third kappa shape index (κ3) is 1.84. The van der Waals surface area contributed by atoms with Gasteiger partial charge >= 0.3 is 0 Å². The van der Waals surface area contributed by atoms with Crippen LogP contribution in [0.3, 0.4) is 0 Å². The summed E-state index contributed by atoms with van der Waals surface area (Å²) in [5, 5.41) is 4.15. The van der Waals surface area contributed by atoms with Gasteiger partial charge in [0.25, 0.3) is 0 Å². The van der Waals surface area contributed by atoms with Crippen LogP contribution in [0, 0.1) is 0 Å². The monoisotopic (exact) mass is 239 g/mol. The van der Waals surface area contributed by atoms with Crippen LogP contribution in [0.1, 0.15) is 17.7 Å². The quantitative estimate of drug-likeness (QED) is 0.800. The predicted molar refractivity (Wildman–Crippen MR) is 71.2 cm³/mol. The number of hydrogen-bond donors (Lipinski definition) is 0. The number of hydrogen-bond acceptors (Lipinski definition) is 3. The van der Waals surface area contributed by atoms with Crippen molar-refractivity contribution in [3.8, 4) is 17.0 Å². The van der Waals surface area contributed by atoms with E-state index in [0.717, 1.165) is 34.8 Å². The standard InChI is InChI=1S/C15H13NO2/c1-17-12-9-7-11(8-10-12)15-13-5-3-2-4-6-14(13)18-16-15/h3-10H,2H2,1H3. The molecule has 18 heavy (non-hydrogen) atoms. The highest BCUT2D eigenvalue weighted by Gasteiger charge is 2.14. The lowest BCUT2D eigenvalue weighted by molar-refractivity contribution is 0.413. The molecular formula is C15H13NO2. The molecule has 1 aliphatic carbocycles. The fourth-order valence-electron chi connectivity index (χ4n) is 1.99. The van der Waals surface area contributed by atoms with Gasteiger partial charge in [-0.05, 0) is 36.8 Å². The molecule has 90 valence electrons. The Hall–Kier alpha value is -2.29. The molecule has 3 nitrogen and oxygen atoms in total. The van der Waals surface area contributed by atoms with Crippen molar-refractivity contribution in [2.45, 2.75) is 6.42 Å². The molecule has 2 aromatic rings. The van der Waals surface area contributed by atoms with E-state index >= 15 is 0 Å². The average molecular weight is 239 g/mol. The van der Waals surface area contributed by atoms with Crippen LogP contribution in [0.5, 0.6) is 5.75 Å². The fraction of sp³-hybridized carbons (Fsp3) is 0.133. The lowest BCUT2D eigenvalue weighted by Gasteiger charge is -2.01. The minimum absolute atomic E-state index is 0.814. The maximum absolute atomic E-state index is 5.36. The average Bonchev–Trinajstić information content (AvgIpc) is 2.68. The summed E-state index contributed by atoms with van der Waals surface area (Å²) in [6.07, 6.45) is 9.12. The minimum atomic E-state index is 0.814. The Labute approximate surface area is 105 Å². The number of aromatic nitrogens is 1. The van der Waals surface area contributed by atoms with Crippen LogP contribution in [-0.2, 0) is 0 Å². The Bertz CT molecular complexity index is 606. The molecule has 1 aliphatic rings. The Balaban J connectivity index is 2.06. The molecular weight excluding hydrogens is 226 g/mol. The molecule has 1 heterocycles. The predicted octanol–water partition coefficient (Wildman–Crippen LogP) is 3.78. The molecule has 0 N–H and O–H groups in total. The van der Waals surface area contributed by atoms with Gasteiger partial charge in [0, 0.05) is 11.1 Å². The van der Waals surface area contributed by atoms with Gasteiger partial charge in [-0.2, -0.15) is 0 Å². The van der Waals surface area contributed by atoms with Crippen molar-refractivity contribution in [2.24, 2.45) is 0 Å². The van der Waals surface area contributed by atoms with Gasteiger partial charge in [-0.25, -0.2) is 0 Å². The summed E-state index contributed by atoms with van der Waals surface area (Å²) in [6.45, 7) is 0. The number of benzene rings is 1. The smallest absolute Gasteiger partial charge is 0.167 e. The van der Waals surface area contributed by atoms with Crippen LogP contribution in [0.15, 0.2) is 40.9 Å². The van der Waals surface area contributed by atoms with Crippen molar-refractivity contribution in [1.82, 2.24) is 5.16 Å². The minimum Gasteiger partial charge on any atom is -0.497 e. The molecule has 0 radical (unpaired) electrons. The topological polar surface area (TPSA) is 35.3 Å². The van der Waals surface area contributed by atoms with E-state index in [2.05, 4.69) is 23.4 Å². The van der Waals surface area contributed by atoms with Crippen LogP contribution in [-0.4, -0.2) is 12.3 Å². The van der Waals surface area contributed by atoms with Crippen LogP contribution >= 0.6 is 0 Å². The van der Waals surface area contributed by atoms with E-state index < -0.39 is 0 Å². The van der Waals surface area contributed by atoms with Crippen LogP contribution < -0.4 is 4.74 Å². The van der Waals surface area contributed by atoms with Crippen molar-refractivity contribution < 1.29 is 9.26 Å². The summed E-state index contributed by atoms with van der Waals surface area (Å²) in [5.74, 6) is 1.65. The molecule has 3 heteroatoms. The van der Waals surface area contributed by atoms with Crippen LogP contribution in [0.2, 0.25) is 0 Å². The van der Waals surface area contributed by atoms with E-state index in [1.807, 2.05) is 30.3 Å². The highest BCUT2D eigenvalue weighted by atomic mass is 16.5.